The first-order valence-corrected chi connectivity index (χ1v) is 11.2. The lowest BCUT2D eigenvalue weighted by molar-refractivity contribution is -0.113. The van der Waals surface area contributed by atoms with Crippen molar-refractivity contribution in [3.63, 3.8) is 0 Å². The molecule has 0 unspecified atom stereocenters. The summed E-state index contributed by atoms with van der Waals surface area (Å²) in [5.41, 5.74) is 4.67. The van der Waals surface area contributed by atoms with Crippen molar-refractivity contribution in [1.29, 1.82) is 0 Å². The quantitative estimate of drug-likeness (QED) is 0.392. The minimum Gasteiger partial charge on any atom is -0.495 e. The van der Waals surface area contributed by atoms with Crippen molar-refractivity contribution in [3.05, 3.63) is 83.9 Å². The zero-order valence-electron chi connectivity index (χ0n) is 18.2. The number of hydrogen-bond acceptors (Lipinski definition) is 5. The molecule has 162 valence electrons. The Morgan fingerprint density at radius 2 is 1.62 bits per heavy atom. The van der Waals surface area contributed by atoms with E-state index in [2.05, 4.69) is 15.5 Å². The number of nitrogens with one attached hydrogen (secondary N) is 1. The van der Waals surface area contributed by atoms with Crippen molar-refractivity contribution < 1.29 is 9.53 Å². The van der Waals surface area contributed by atoms with Crippen LogP contribution in [0.1, 0.15) is 11.1 Å². The second-order valence-corrected chi connectivity index (χ2v) is 8.23. The first kappa shape index (κ1) is 21.6. The summed E-state index contributed by atoms with van der Waals surface area (Å²) in [7, 11) is 1.64. The van der Waals surface area contributed by atoms with Crippen LogP contribution in [0.5, 0.6) is 5.75 Å². The second kappa shape index (κ2) is 9.70. The van der Waals surface area contributed by atoms with Crippen molar-refractivity contribution in [3.8, 4) is 22.8 Å². The Hall–Kier alpha value is -3.58. The maximum Gasteiger partial charge on any atom is 0.234 e. The lowest BCUT2D eigenvalue weighted by Crippen LogP contribution is -2.16. The third kappa shape index (κ3) is 4.53. The molecule has 4 aromatic rings. The van der Waals surface area contributed by atoms with E-state index in [1.807, 2.05) is 91.2 Å². The third-order valence-electron chi connectivity index (χ3n) is 5.07. The summed E-state index contributed by atoms with van der Waals surface area (Å²) in [6, 6.07) is 23.5. The maximum atomic E-state index is 12.7. The van der Waals surface area contributed by atoms with Crippen LogP contribution in [-0.2, 0) is 4.79 Å². The van der Waals surface area contributed by atoms with Crippen LogP contribution < -0.4 is 10.1 Å². The highest BCUT2D eigenvalue weighted by Crippen LogP contribution is 2.32. The number of nitrogens with zero attached hydrogens (tertiary/aromatic N) is 3. The summed E-state index contributed by atoms with van der Waals surface area (Å²) in [6.45, 7) is 3.97. The second-order valence-electron chi connectivity index (χ2n) is 7.28. The molecule has 1 aromatic heterocycles. The molecular formula is C25H24N4O2S. The Morgan fingerprint density at radius 1 is 0.938 bits per heavy atom. The van der Waals surface area contributed by atoms with Gasteiger partial charge in [0.05, 0.1) is 18.6 Å². The fourth-order valence-corrected chi connectivity index (χ4v) is 4.23. The molecule has 0 fully saturated rings. The smallest absolute Gasteiger partial charge is 0.234 e. The van der Waals surface area contributed by atoms with Crippen LogP contribution in [0.25, 0.3) is 17.1 Å². The average Bonchev–Trinajstić information content (AvgIpc) is 3.24. The number of aromatic nitrogens is 3. The molecule has 0 aliphatic heterocycles. The first-order valence-electron chi connectivity index (χ1n) is 10.2. The third-order valence-corrected chi connectivity index (χ3v) is 6.00. The minimum absolute atomic E-state index is 0.0942. The Balaban J connectivity index is 1.64. The monoisotopic (exact) mass is 444 g/mol. The molecule has 0 bridgehead atoms. The largest absolute Gasteiger partial charge is 0.495 e. The molecular weight excluding hydrogens is 420 g/mol. The summed E-state index contributed by atoms with van der Waals surface area (Å²) in [5, 5.41) is 12.5. The number of methoxy groups -OCH3 is 1. The summed E-state index contributed by atoms with van der Waals surface area (Å²) in [6.07, 6.45) is 0. The fourth-order valence-electron chi connectivity index (χ4n) is 3.49. The number of carbonyl (C=O) groups is 1. The zero-order chi connectivity index (χ0) is 22.5. The molecule has 1 N–H and O–H groups in total. The zero-order valence-corrected chi connectivity index (χ0v) is 19.0. The van der Waals surface area contributed by atoms with E-state index in [1.54, 1.807) is 7.11 Å². The molecule has 1 heterocycles. The van der Waals surface area contributed by atoms with Gasteiger partial charge in [-0.2, -0.15) is 0 Å². The van der Waals surface area contributed by atoms with Gasteiger partial charge in [-0.1, -0.05) is 72.4 Å². The first-order chi connectivity index (χ1) is 15.6. The molecule has 6 nitrogen and oxygen atoms in total. The van der Waals surface area contributed by atoms with E-state index in [4.69, 9.17) is 4.74 Å². The number of rotatable bonds is 7. The summed E-state index contributed by atoms with van der Waals surface area (Å²) in [4.78, 5) is 12.7. The molecule has 32 heavy (non-hydrogen) atoms. The van der Waals surface area contributed by atoms with Crippen molar-refractivity contribution in [2.24, 2.45) is 0 Å². The number of amides is 1. The van der Waals surface area contributed by atoms with Crippen LogP contribution in [0.15, 0.2) is 78.0 Å². The molecule has 0 atom stereocenters. The Bertz CT molecular complexity index is 1220. The highest BCUT2D eigenvalue weighted by Gasteiger charge is 2.20. The Labute approximate surface area is 191 Å². The molecule has 0 aliphatic carbocycles. The van der Waals surface area contributed by atoms with Gasteiger partial charge < -0.3 is 10.1 Å². The van der Waals surface area contributed by atoms with Crippen LogP contribution in [-0.4, -0.2) is 33.5 Å². The van der Waals surface area contributed by atoms with Crippen LogP contribution in [0, 0.1) is 13.8 Å². The van der Waals surface area contributed by atoms with Gasteiger partial charge in [-0.25, -0.2) is 0 Å². The summed E-state index contributed by atoms with van der Waals surface area (Å²) < 4.78 is 7.52. The van der Waals surface area contributed by atoms with Crippen molar-refractivity contribution in [2.75, 3.05) is 18.2 Å². The van der Waals surface area contributed by atoms with E-state index >= 15 is 0 Å². The Kier molecular flexibility index (Phi) is 6.56. The number of thioether (sulfide) groups is 1. The van der Waals surface area contributed by atoms with E-state index < -0.39 is 0 Å². The predicted octanol–water partition coefficient (Wildman–Crippen LogP) is 5.29. The number of aryl methyl sites for hydroxylation is 2. The van der Waals surface area contributed by atoms with Crippen LogP contribution in [0.2, 0.25) is 0 Å². The average molecular weight is 445 g/mol. The van der Waals surface area contributed by atoms with Crippen molar-refractivity contribution >= 4 is 23.4 Å². The highest BCUT2D eigenvalue weighted by molar-refractivity contribution is 7.99. The van der Waals surface area contributed by atoms with E-state index in [9.17, 15) is 4.79 Å². The number of carbonyl (C=O) groups excluding carboxylic acids is 1. The lowest BCUT2D eigenvalue weighted by Gasteiger charge is -2.14. The molecule has 0 saturated heterocycles. The van der Waals surface area contributed by atoms with Gasteiger partial charge in [-0.05, 0) is 37.1 Å². The lowest BCUT2D eigenvalue weighted by atomic mass is 10.1. The number of hydrogen-bond donors (Lipinski definition) is 1. The van der Waals surface area contributed by atoms with Crippen LogP contribution >= 0.6 is 11.8 Å². The van der Waals surface area contributed by atoms with Crippen molar-refractivity contribution in [1.82, 2.24) is 14.8 Å². The van der Waals surface area contributed by atoms with Crippen molar-refractivity contribution in [2.45, 2.75) is 19.0 Å². The van der Waals surface area contributed by atoms with Gasteiger partial charge in [0.25, 0.3) is 0 Å². The highest BCUT2D eigenvalue weighted by atomic mass is 32.2. The minimum atomic E-state index is -0.0942. The standard InChI is InChI=1S/C25H24N4O2S/c1-17-10-9-11-18(2)23(17)26-22(30)16-32-25-28-27-24(19-12-5-4-6-13-19)29(25)20-14-7-8-15-21(20)31-3/h4-15H,16H2,1-3H3,(H,26,30). The Morgan fingerprint density at radius 3 is 2.34 bits per heavy atom. The number of benzene rings is 3. The molecule has 0 aliphatic rings. The molecule has 0 radical (unpaired) electrons. The maximum absolute atomic E-state index is 12.7. The number of para-hydroxylation sites is 3. The van der Waals surface area contributed by atoms with Gasteiger partial charge in [-0.3, -0.25) is 9.36 Å². The van der Waals surface area contributed by atoms with Crippen LogP contribution in [0.3, 0.4) is 0 Å². The van der Waals surface area contributed by atoms with E-state index in [-0.39, 0.29) is 11.7 Å². The van der Waals surface area contributed by atoms with E-state index in [0.29, 0.717) is 16.7 Å². The number of ether oxygens (including phenoxy) is 1. The van der Waals surface area contributed by atoms with Gasteiger partial charge >= 0.3 is 0 Å². The van der Waals surface area contributed by atoms with Gasteiger partial charge in [0, 0.05) is 11.3 Å². The fraction of sp³-hybridized carbons (Fsp3) is 0.160. The van der Waals surface area contributed by atoms with E-state index in [1.165, 1.54) is 11.8 Å². The molecule has 3 aromatic carbocycles. The van der Waals surface area contributed by atoms with Crippen LogP contribution in [0.4, 0.5) is 5.69 Å². The molecule has 0 spiro atoms. The normalized spacial score (nSPS) is 10.7. The predicted molar refractivity (Wildman–Crippen MR) is 129 cm³/mol. The van der Waals surface area contributed by atoms with E-state index in [0.717, 1.165) is 28.1 Å². The van der Waals surface area contributed by atoms with Gasteiger partial charge in [0.15, 0.2) is 11.0 Å². The SMILES string of the molecule is COc1ccccc1-n1c(SCC(=O)Nc2c(C)cccc2C)nnc1-c1ccccc1. The summed E-state index contributed by atoms with van der Waals surface area (Å²) >= 11 is 1.34. The molecule has 0 saturated carbocycles. The van der Waals surface area contributed by atoms with Gasteiger partial charge in [0.2, 0.25) is 5.91 Å². The molecule has 4 rings (SSSR count). The summed E-state index contributed by atoms with van der Waals surface area (Å²) in [5.74, 6) is 1.50. The molecule has 1 amide bonds. The van der Waals surface area contributed by atoms with Gasteiger partial charge in [0.1, 0.15) is 5.75 Å². The topological polar surface area (TPSA) is 69.0 Å². The molecule has 7 heteroatoms. The number of anilines is 1. The van der Waals surface area contributed by atoms with Gasteiger partial charge in [-0.15, -0.1) is 10.2 Å².